The van der Waals surface area contributed by atoms with E-state index in [-0.39, 0.29) is 5.97 Å². The van der Waals surface area contributed by atoms with E-state index >= 15 is 0 Å². The van der Waals surface area contributed by atoms with Crippen LogP contribution >= 0.6 is 0 Å². The number of aromatic nitrogens is 1. The molecule has 106 valence electrons. The molecular weight excluding hydrogens is 276 g/mol. The van der Waals surface area contributed by atoms with Crippen LogP contribution in [0.25, 0.3) is 21.9 Å². The molecule has 4 heteroatoms. The van der Waals surface area contributed by atoms with Gasteiger partial charge >= 0.3 is 5.97 Å². The predicted octanol–water partition coefficient (Wildman–Crippen LogP) is 3.56. The third-order valence-corrected chi connectivity index (χ3v) is 3.51. The molecule has 0 saturated heterocycles. The van der Waals surface area contributed by atoms with Crippen molar-refractivity contribution in [2.45, 2.75) is 0 Å². The highest BCUT2D eigenvalue weighted by Gasteiger charge is 2.10. The lowest BCUT2D eigenvalue weighted by atomic mass is 9.98. The minimum Gasteiger partial charge on any atom is -0.465 e. The molecule has 0 amide bonds. The Morgan fingerprint density at radius 1 is 1.14 bits per heavy atom. The van der Waals surface area contributed by atoms with Crippen LogP contribution in [0.4, 0.5) is 0 Å². The number of carbonyl (C=O) groups excluding carboxylic acids is 1. The first-order valence-electron chi connectivity index (χ1n) is 6.69. The van der Waals surface area contributed by atoms with Crippen LogP contribution in [0.15, 0.2) is 54.9 Å². The van der Waals surface area contributed by atoms with Gasteiger partial charge < -0.3 is 4.74 Å². The van der Waals surface area contributed by atoms with E-state index in [4.69, 9.17) is 10.00 Å². The maximum Gasteiger partial charge on any atom is 0.337 e. The molecule has 0 radical (unpaired) electrons. The summed E-state index contributed by atoms with van der Waals surface area (Å²) in [6.07, 6.45) is 3.51. The Balaban J connectivity index is 2.19. The number of rotatable bonds is 2. The van der Waals surface area contributed by atoms with Crippen molar-refractivity contribution in [3.05, 3.63) is 66.0 Å². The van der Waals surface area contributed by atoms with Gasteiger partial charge in [-0.25, -0.2) is 4.79 Å². The zero-order valence-corrected chi connectivity index (χ0v) is 11.9. The number of fused-ring (bicyclic) bond motifs is 1. The van der Waals surface area contributed by atoms with Gasteiger partial charge in [0.05, 0.1) is 24.3 Å². The van der Waals surface area contributed by atoms with Crippen molar-refractivity contribution >= 4 is 16.7 Å². The number of nitriles is 1. The van der Waals surface area contributed by atoms with E-state index in [0.717, 1.165) is 21.9 Å². The Kier molecular flexibility index (Phi) is 3.55. The highest BCUT2D eigenvalue weighted by molar-refractivity contribution is 6.01. The summed E-state index contributed by atoms with van der Waals surface area (Å²) in [5.41, 5.74) is 2.95. The first-order valence-corrected chi connectivity index (χ1v) is 6.69. The molecule has 0 unspecified atom stereocenters. The fourth-order valence-corrected chi connectivity index (χ4v) is 2.36. The van der Waals surface area contributed by atoms with E-state index in [1.165, 1.54) is 7.11 Å². The monoisotopic (exact) mass is 288 g/mol. The van der Waals surface area contributed by atoms with Gasteiger partial charge in [0.25, 0.3) is 0 Å². The molecule has 0 spiro atoms. The van der Waals surface area contributed by atoms with Crippen molar-refractivity contribution in [1.82, 2.24) is 4.98 Å². The molecule has 3 aromatic rings. The van der Waals surface area contributed by atoms with Gasteiger partial charge in [-0.15, -0.1) is 0 Å². The number of nitrogens with zero attached hydrogens (tertiary/aromatic N) is 2. The van der Waals surface area contributed by atoms with Crippen molar-refractivity contribution in [2.75, 3.05) is 7.11 Å². The lowest BCUT2D eigenvalue weighted by Crippen LogP contribution is -2.00. The van der Waals surface area contributed by atoms with E-state index in [2.05, 4.69) is 11.1 Å². The molecule has 4 nitrogen and oxygen atoms in total. The molecule has 0 atom stereocenters. The van der Waals surface area contributed by atoms with Crippen LogP contribution < -0.4 is 0 Å². The number of pyridine rings is 1. The quantitative estimate of drug-likeness (QED) is 0.676. The van der Waals surface area contributed by atoms with E-state index in [0.29, 0.717) is 11.1 Å². The standard InChI is InChI=1S/C18H12N2O2/c1-22-18(21)14-6-7-15-10-20-11-17(16(15)8-14)13-4-2-12(9-19)3-5-13/h2-8,10-11H,1H3. The van der Waals surface area contributed by atoms with E-state index < -0.39 is 0 Å². The van der Waals surface area contributed by atoms with Crippen LogP contribution in [0, 0.1) is 11.3 Å². The number of benzene rings is 2. The molecule has 0 aliphatic carbocycles. The van der Waals surface area contributed by atoms with Crippen LogP contribution in [0.2, 0.25) is 0 Å². The topological polar surface area (TPSA) is 63.0 Å². The van der Waals surface area contributed by atoms with E-state index in [9.17, 15) is 4.79 Å². The summed E-state index contributed by atoms with van der Waals surface area (Å²) >= 11 is 0. The van der Waals surface area contributed by atoms with Gasteiger partial charge in [-0.05, 0) is 35.2 Å². The predicted molar refractivity (Wildman–Crippen MR) is 83.2 cm³/mol. The lowest BCUT2D eigenvalue weighted by molar-refractivity contribution is 0.0601. The van der Waals surface area contributed by atoms with Crippen LogP contribution in [0.5, 0.6) is 0 Å². The highest BCUT2D eigenvalue weighted by atomic mass is 16.5. The minimum atomic E-state index is -0.371. The second-order valence-corrected chi connectivity index (χ2v) is 4.80. The van der Waals surface area contributed by atoms with Gasteiger partial charge in [0, 0.05) is 23.3 Å². The third-order valence-electron chi connectivity index (χ3n) is 3.51. The van der Waals surface area contributed by atoms with Crippen molar-refractivity contribution in [2.24, 2.45) is 0 Å². The highest BCUT2D eigenvalue weighted by Crippen LogP contribution is 2.28. The normalized spacial score (nSPS) is 10.2. The van der Waals surface area contributed by atoms with E-state index in [1.807, 2.05) is 18.2 Å². The molecule has 2 aromatic carbocycles. The van der Waals surface area contributed by atoms with Crippen molar-refractivity contribution in [3.8, 4) is 17.2 Å². The Morgan fingerprint density at radius 2 is 1.91 bits per heavy atom. The summed E-state index contributed by atoms with van der Waals surface area (Å²) in [6, 6.07) is 14.7. The van der Waals surface area contributed by atoms with Gasteiger partial charge in [0.1, 0.15) is 0 Å². The molecule has 0 aliphatic rings. The minimum absolute atomic E-state index is 0.371. The van der Waals surface area contributed by atoms with Gasteiger partial charge in [0.15, 0.2) is 0 Å². The Hall–Kier alpha value is -3.19. The molecule has 0 saturated carbocycles. The maximum absolute atomic E-state index is 11.7. The summed E-state index contributed by atoms with van der Waals surface area (Å²) in [4.78, 5) is 16.0. The van der Waals surface area contributed by atoms with Crippen molar-refractivity contribution in [1.29, 1.82) is 5.26 Å². The van der Waals surface area contributed by atoms with Gasteiger partial charge in [-0.1, -0.05) is 18.2 Å². The number of ether oxygens (including phenoxy) is 1. The Morgan fingerprint density at radius 3 is 2.59 bits per heavy atom. The zero-order chi connectivity index (χ0) is 15.5. The fourth-order valence-electron chi connectivity index (χ4n) is 2.36. The van der Waals surface area contributed by atoms with Crippen LogP contribution in [0.1, 0.15) is 15.9 Å². The largest absolute Gasteiger partial charge is 0.465 e. The third kappa shape index (κ3) is 2.40. The summed E-state index contributed by atoms with van der Waals surface area (Å²) in [6.45, 7) is 0. The summed E-state index contributed by atoms with van der Waals surface area (Å²) in [5, 5.41) is 10.7. The smallest absolute Gasteiger partial charge is 0.337 e. The molecular formula is C18H12N2O2. The molecule has 1 heterocycles. The first kappa shape index (κ1) is 13.8. The van der Waals surface area contributed by atoms with Gasteiger partial charge in [-0.2, -0.15) is 5.26 Å². The fraction of sp³-hybridized carbons (Fsp3) is 0.0556. The summed E-state index contributed by atoms with van der Waals surface area (Å²) in [5.74, 6) is -0.371. The summed E-state index contributed by atoms with van der Waals surface area (Å²) < 4.78 is 4.77. The molecule has 0 N–H and O–H groups in total. The molecule has 0 bridgehead atoms. The number of esters is 1. The SMILES string of the molecule is COC(=O)c1ccc2cncc(-c3ccc(C#N)cc3)c2c1. The van der Waals surface area contributed by atoms with Crippen molar-refractivity contribution in [3.63, 3.8) is 0 Å². The molecule has 1 aromatic heterocycles. The van der Waals surface area contributed by atoms with Gasteiger partial charge in [0.2, 0.25) is 0 Å². The molecule has 22 heavy (non-hydrogen) atoms. The average Bonchev–Trinajstić information content (AvgIpc) is 2.60. The lowest BCUT2D eigenvalue weighted by Gasteiger charge is -2.08. The zero-order valence-electron chi connectivity index (χ0n) is 11.9. The first-order chi connectivity index (χ1) is 10.7. The number of hydrogen-bond acceptors (Lipinski definition) is 4. The van der Waals surface area contributed by atoms with Crippen LogP contribution in [-0.4, -0.2) is 18.1 Å². The Bertz CT molecular complexity index is 893. The number of methoxy groups -OCH3 is 1. The van der Waals surface area contributed by atoms with Crippen molar-refractivity contribution < 1.29 is 9.53 Å². The van der Waals surface area contributed by atoms with E-state index in [1.54, 1.807) is 36.7 Å². The molecule has 3 rings (SSSR count). The van der Waals surface area contributed by atoms with Crippen LogP contribution in [0.3, 0.4) is 0 Å². The number of carbonyl (C=O) groups is 1. The maximum atomic E-state index is 11.7. The summed E-state index contributed by atoms with van der Waals surface area (Å²) in [7, 11) is 1.36. The second kappa shape index (κ2) is 5.66. The second-order valence-electron chi connectivity index (χ2n) is 4.80. The molecule has 0 fully saturated rings. The van der Waals surface area contributed by atoms with Crippen LogP contribution in [-0.2, 0) is 4.74 Å². The Labute approximate surface area is 127 Å². The average molecular weight is 288 g/mol. The van der Waals surface area contributed by atoms with Gasteiger partial charge in [-0.3, -0.25) is 4.98 Å². The number of hydrogen-bond donors (Lipinski definition) is 0. The molecule has 0 aliphatic heterocycles.